The molecule has 0 radical (unpaired) electrons. The first-order valence-electron chi connectivity index (χ1n) is 6.84. The second-order valence-corrected chi connectivity index (χ2v) is 4.49. The van der Waals surface area contributed by atoms with Crippen LogP contribution >= 0.6 is 0 Å². The quantitative estimate of drug-likeness (QED) is 0.851. The number of ether oxygens (including phenoxy) is 2. The molecule has 0 bridgehead atoms. The van der Waals surface area contributed by atoms with Crippen LogP contribution in [0.4, 0.5) is 4.39 Å². The number of aromatic nitrogens is 1. The lowest BCUT2D eigenvalue weighted by atomic mass is 10.2. The highest BCUT2D eigenvalue weighted by Gasteiger charge is 2.06. The van der Waals surface area contributed by atoms with Gasteiger partial charge in [0.1, 0.15) is 18.2 Å². The molecule has 5 heteroatoms. The van der Waals surface area contributed by atoms with Crippen LogP contribution in [0.15, 0.2) is 36.4 Å². The van der Waals surface area contributed by atoms with E-state index in [9.17, 15) is 4.39 Å². The van der Waals surface area contributed by atoms with Crippen LogP contribution in [-0.2, 0) is 13.2 Å². The monoisotopic (exact) mass is 290 g/mol. The van der Waals surface area contributed by atoms with Gasteiger partial charge in [-0.1, -0.05) is 13.0 Å². The molecule has 0 amide bonds. The summed E-state index contributed by atoms with van der Waals surface area (Å²) in [5.74, 6) is 0.930. The fraction of sp³-hybridized carbons (Fsp3) is 0.312. The summed E-state index contributed by atoms with van der Waals surface area (Å²) >= 11 is 0. The zero-order valence-electron chi connectivity index (χ0n) is 12.2. The molecule has 0 atom stereocenters. The van der Waals surface area contributed by atoms with E-state index in [0.29, 0.717) is 24.8 Å². The third-order valence-electron chi connectivity index (χ3n) is 2.95. The molecule has 0 aliphatic carbocycles. The van der Waals surface area contributed by atoms with Gasteiger partial charge in [-0.2, -0.15) is 0 Å². The highest BCUT2D eigenvalue weighted by atomic mass is 19.1. The predicted molar refractivity (Wildman–Crippen MR) is 78.9 cm³/mol. The van der Waals surface area contributed by atoms with Crippen molar-refractivity contribution in [2.75, 3.05) is 13.7 Å². The number of benzene rings is 1. The Morgan fingerprint density at radius 1 is 1.24 bits per heavy atom. The van der Waals surface area contributed by atoms with Gasteiger partial charge in [-0.15, -0.1) is 0 Å². The molecular weight excluding hydrogens is 271 g/mol. The van der Waals surface area contributed by atoms with Gasteiger partial charge in [-0.3, -0.25) is 0 Å². The van der Waals surface area contributed by atoms with Crippen molar-refractivity contribution in [2.45, 2.75) is 20.1 Å². The molecule has 1 aromatic carbocycles. The first-order chi connectivity index (χ1) is 10.2. The lowest BCUT2D eigenvalue weighted by Crippen LogP contribution is -2.13. The van der Waals surface area contributed by atoms with Crippen LogP contribution in [0.1, 0.15) is 18.2 Å². The number of methoxy groups -OCH3 is 1. The lowest BCUT2D eigenvalue weighted by molar-refractivity contribution is 0.294. The van der Waals surface area contributed by atoms with Crippen molar-refractivity contribution in [1.82, 2.24) is 10.3 Å². The molecule has 1 heterocycles. The van der Waals surface area contributed by atoms with Crippen molar-refractivity contribution in [3.05, 3.63) is 53.5 Å². The zero-order valence-corrected chi connectivity index (χ0v) is 12.2. The molecule has 4 nitrogen and oxygen atoms in total. The summed E-state index contributed by atoms with van der Waals surface area (Å²) in [7, 11) is 1.57. The molecule has 0 aliphatic heterocycles. The van der Waals surface area contributed by atoms with Gasteiger partial charge >= 0.3 is 0 Å². The van der Waals surface area contributed by atoms with E-state index < -0.39 is 0 Å². The number of nitrogens with one attached hydrogen (secondary N) is 1. The van der Waals surface area contributed by atoms with Crippen LogP contribution in [0.3, 0.4) is 0 Å². The largest absolute Gasteiger partial charge is 0.487 e. The molecular formula is C16H19FN2O2. The van der Waals surface area contributed by atoms with Crippen molar-refractivity contribution >= 4 is 0 Å². The van der Waals surface area contributed by atoms with Gasteiger partial charge in [-0.05, 0) is 30.8 Å². The molecule has 21 heavy (non-hydrogen) atoms. The molecule has 0 saturated heterocycles. The summed E-state index contributed by atoms with van der Waals surface area (Å²) in [5, 5.41) is 3.17. The normalized spacial score (nSPS) is 10.4. The standard InChI is InChI=1S/C16H19FN2O2/c1-3-18-10-12-9-13(17)7-8-15(12)21-11-14-5-4-6-16(19-14)20-2/h4-9,18H,3,10-11H2,1-2H3. The molecule has 1 aromatic heterocycles. The summed E-state index contributed by atoms with van der Waals surface area (Å²) in [6, 6.07) is 10.0. The minimum absolute atomic E-state index is 0.269. The second kappa shape index (κ2) is 7.59. The average Bonchev–Trinajstić information content (AvgIpc) is 2.52. The minimum Gasteiger partial charge on any atom is -0.487 e. The maximum absolute atomic E-state index is 13.3. The van der Waals surface area contributed by atoms with Gasteiger partial charge in [0.2, 0.25) is 5.88 Å². The maximum Gasteiger partial charge on any atom is 0.213 e. The smallest absolute Gasteiger partial charge is 0.213 e. The van der Waals surface area contributed by atoms with Gasteiger partial charge in [-0.25, -0.2) is 9.37 Å². The van der Waals surface area contributed by atoms with Crippen LogP contribution in [0, 0.1) is 5.82 Å². The first kappa shape index (κ1) is 15.3. The Morgan fingerprint density at radius 2 is 2.10 bits per heavy atom. The topological polar surface area (TPSA) is 43.4 Å². The Bertz CT molecular complexity index is 590. The Labute approximate surface area is 123 Å². The number of rotatable bonds is 7. The van der Waals surface area contributed by atoms with Gasteiger partial charge in [0.05, 0.1) is 12.8 Å². The number of pyridine rings is 1. The third kappa shape index (κ3) is 4.43. The zero-order chi connectivity index (χ0) is 15.1. The van der Waals surface area contributed by atoms with Gasteiger partial charge in [0.15, 0.2) is 0 Å². The molecule has 0 aliphatic rings. The molecule has 1 N–H and O–H groups in total. The van der Waals surface area contributed by atoms with Crippen LogP contribution in [0.2, 0.25) is 0 Å². The summed E-state index contributed by atoms with van der Waals surface area (Å²) in [6.07, 6.45) is 0. The highest BCUT2D eigenvalue weighted by molar-refractivity contribution is 5.34. The van der Waals surface area contributed by atoms with Crippen LogP contribution in [0.5, 0.6) is 11.6 Å². The van der Waals surface area contributed by atoms with Crippen LogP contribution in [0.25, 0.3) is 0 Å². The summed E-state index contributed by atoms with van der Waals surface area (Å²) < 4.78 is 24.1. The molecule has 0 spiro atoms. The van der Waals surface area contributed by atoms with E-state index in [1.54, 1.807) is 19.2 Å². The van der Waals surface area contributed by atoms with Crippen molar-refractivity contribution in [3.8, 4) is 11.6 Å². The highest BCUT2D eigenvalue weighted by Crippen LogP contribution is 2.21. The fourth-order valence-corrected chi connectivity index (χ4v) is 1.89. The summed E-state index contributed by atoms with van der Waals surface area (Å²) in [5.41, 5.74) is 1.55. The summed E-state index contributed by atoms with van der Waals surface area (Å²) in [6.45, 7) is 3.68. The second-order valence-electron chi connectivity index (χ2n) is 4.49. The van der Waals surface area contributed by atoms with E-state index in [1.165, 1.54) is 12.1 Å². The van der Waals surface area contributed by atoms with E-state index in [0.717, 1.165) is 17.8 Å². The Hall–Kier alpha value is -2.14. The number of nitrogens with zero attached hydrogens (tertiary/aromatic N) is 1. The van der Waals surface area contributed by atoms with Crippen molar-refractivity contribution in [2.24, 2.45) is 0 Å². The first-order valence-corrected chi connectivity index (χ1v) is 6.84. The number of hydrogen-bond acceptors (Lipinski definition) is 4. The Balaban J connectivity index is 2.07. The number of halogens is 1. The van der Waals surface area contributed by atoms with Gasteiger partial charge in [0, 0.05) is 18.2 Å². The van der Waals surface area contributed by atoms with Crippen molar-refractivity contribution in [3.63, 3.8) is 0 Å². The van der Waals surface area contributed by atoms with E-state index in [-0.39, 0.29) is 5.82 Å². The van der Waals surface area contributed by atoms with E-state index in [4.69, 9.17) is 9.47 Å². The van der Waals surface area contributed by atoms with Gasteiger partial charge in [0.25, 0.3) is 0 Å². The molecule has 2 rings (SSSR count). The number of hydrogen-bond donors (Lipinski definition) is 1. The van der Waals surface area contributed by atoms with E-state index >= 15 is 0 Å². The summed E-state index contributed by atoms with van der Waals surface area (Å²) in [4.78, 5) is 4.28. The van der Waals surface area contributed by atoms with Crippen molar-refractivity contribution < 1.29 is 13.9 Å². The molecule has 0 unspecified atom stereocenters. The lowest BCUT2D eigenvalue weighted by Gasteiger charge is -2.12. The average molecular weight is 290 g/mol. The third-order valence-corrected chi connectivity index (χ3v) is 2.95. The predicted octanol–water partition coefficient (Wildman–Crippen LogP) is 2.92. The van der Waals surface area contributed by atoms with E-state index in [2.05, 4.69) is 10.3 Å². The molecule has 112 valence electrons. The Kier molecular flexibility index (Phi) is 5.51. The van der Waals surface area contributed by atoms with Crippen molar-refractivity contribution in [1.29, 1.82) is 0 Å². The maximum atomic E-state index is 13.3. The van der Waals surface area contributed by atoms with Crippen LogP contribution in [-0.4, -0.2) is 18.6 Å². The fourth-order valence-electron chi connectivity index (χ4n) is 1.89. The van der Waals surface area contributed by atoms with E-state index in [1.807, 2.05) is 19.1 Å². The molecule has 2 aromatic rings. The van der Waals surface area contributed by atoms with Crippen LogP contribution < -0.4 is 14.8 Å². The molecule has 0 fully saturated rings. The minimum atomic E-state index is -0.269. The van der Waals surface area contributed by atoms with Gasteiger partial charge < -0.3 is 14.8 Å². The molecule has 0 saturated carbocycles. The Morgan fingerprint density at radius 3 is 2.86 bits per heavy atom. The SMILES string of the molecule is CCNCc1cc(F)ccc1OCc1cccc(OC)n1.